The van der Waals surface area contributed by atoms with Gasteiger partial charge in [0.25, 0.3) is 5.91 Å². The van der Waals surface area contributed by atoms with Crippen molar-refractivity contribution in [3.05, 3.63) is 65.5 Å². The first-order valence-corrected chi connectivity index (χ1v) is 9.82. The van der Waals surface area contributed by atoms with Gasteiger partial charge in [-0.15, -0.1) is 0 Å². The Hall–Kier alpha value is -2.73. The summed E-state index contributed by atoms with van der Waals surface area (Å²) in [6.07, 6.45) is 5.10. The Morgan fingerprint density at radius 3 is 2.82 bits per heavy atom. The van der Waals surface area contributed by atoms with Gasteiger partial charge in [-0.25, -0.2) is 0 Å². The molecule has 0 radical (unpaired) electrons. The Morgan fingerprint density at radius 1 is 1.18 bits per heavy atom. The van der Waals surface area contributed by atoms with E-state index in [-0.39, 0.29) is 24.0 Å². The molecule has 6 nitrogen and oxygen atoms in total. The summed E-state index contributed by atoms with van der Waals surface area (Å²) in [4.78, 5) is 31.5. The number of amides is 2. The first kappa shape index (κ1) is 18.6. The van der Waals surface area contributed by atoms with Crippen molar-refractivity contribution in [1.82, 2.24) is 15.2 Å². The van der Waals surface area contributed by atoms with E-state index < -0.39 is 6.10 Å². The van der Waals surface area contributed by atoms with Crippen molar-refractivity contribution < 1.29 is 14.3 Å². The molecule has 1 aromatic heterocycles. The fourth-order valence-electron chi connectivity index (χ4n) is 4.15. The van der Waals surface area contributed by atoms with Crippen LogP contribution in [0.2, 0.25) is 0 Å². The van der Waals surface area contributed by atoms with E-state index in [4.69, 9.17) is 4.74 Å². The number of carbonyl (C=O) groups is 2. The number of hydrogen-bond donors (Lipinski definition) is 1. The minimum atomic E-state index is -0.452. The summed E-state index contributed by atoms with van der Waals surface area (Å²) < 4.78 is 6.09. The van der Waals surface area contributed by atoms with Crippen LogP contribution in [0.4, 0.5) is 0 Å². The summed E-state index contributed by atoms with van der Waals surface area (Å²) >= 11 is 0. The van der Waals surface area contributed by atoms with Crippen molar-refractivity contribution in [2.45, 2.75) is 51.0 Å². The zero-order chi connectivity index (χ0) is 19.5. The zero-order valence-electron chi connectivity index (χ0n) is 16.0. The molecule has 6 heteroatoms. The summed E-state index contributed by atoms with van der Waals surface area (Å²) in [5.74, 6) is -0.0281. The van der Waals surface area contributed by atoms with Crippen LogP contribution in [0.25, 0.3) is 0 Å². The Labute approximate surface area is 164 Å². The molecular weight excluding hydrogens is 354 g/mol. The smallest absolute Gasteiger partial charge is 0.254 e. The van der Waals surface area contributed by atoms with E-state index in [1.54, 1.807) is 12.4 Å². The molecule has 2 fully saturated rings. The van der Waals surface area contributed by atoms with Gasteiger partial charge in [0.15, 0.2) is 0 Å². The number of benzene rings is 1. The van der Waals surface area contributed by atoms with Crippen LogP contribution < -0.4 is 5.32 Å². The molecular formula is C22H25N3O3. The predicted molar refractivity (Wildman–Crippen MR) is 105 cm³/mol. The van der Waals surface area contributed by atoms with Gasteiger partial charge < -0.3 is 15.0 Å². The third kappa shape index (κ3) is 3.78. The lowest BCUT2D eigenvalue weighted by atomic mass is 9.98. The fourth-order valence-corrected chi connectivity index (χ4v) is 4.15. The van der Waals surface area contributed by atoms with Gasteiger partial charge in [-0.2, -0.15) is 0 Å². The van der Waals surface area contributed by atoms with E-state index in [1.807, 2.05) is 48.2 Å². The molecule has 4 rings (SSSR count). The molecule has 0 bridgehead atoms. The molecule has 0 unspecified atom stereocenters. The molecule has 3 atom stereocenters. The number of fused-ring (bicyclic) bond motifs is 1. The standard InChI is InChI=1S/C22H25N3O3/c1-15-5-2-3-7-17(15)22(27)25-12-10-19-18(25)8-9-20(28-19)21(26)24-14-16-6-4-11-23-13-16/h2-7,11,13,18-20H,8-10,12,14H2,1H3,(H,24,26)/t18-,19-,20-/m1/s1. The topological polar surface area (TPSA) is 71.5 Å². The highest BCUT2D eigenvalue weighted by Crippen LogP contribution is 2.33. The Kier molecular flexibility index (Phi) is 5.39. The monoisotopic (exact) mass is 379 g/mol. The summed E-state index contributed by atoms with van der Waals surface area (Å²) in [6, 6.07) is 11.5. The number of likely N-dealkylation sites (tertiary alicyclic amines) is 1. The molecule has 1 N–H and O–H groups in total. The van der Waals surface area contributed by atoms with Gasteiger partial charge >= 0.3 is 0 Å². The number of nitrogens with zero attached hydrogens (tertiary/aromatic N) is 2. The van der Waals surface area contributed by atoms with Crippen molar-refractivity contribution in [2.24, 2.45) is 0 Å². The van der Waals surface area contributed by atoms with E-state index in [1.165, 1.54) is 0 Å². The zero-order valence-corrected chi connectivity index (χ0v) is 16.0. The highest BCUT2D eigenvalue weighted by molar-refractivity contribution is 5.96. The van der Waals surface area contributed by atoms with E-state index >= 15 is 0 Å². The second-order valence-electron chi connectivity index (χ2n) is 7.49. The lowest BCUT2D eigenvalue weighted by Crippen LogP contribution is -2.49. The number of carbonyl (C=O) groups excluding carboxylic acids is 2. The van der Waals surface area contributed by atoms with E-state index in [0.29, 0.717) is 19.5 Å². The molecule has 0 saturated carbocycles. The van der Waals surface area contributed by atoms with Crippen LogP contribution >= 0.6 is 0 Å². The van der Waals surface area contributed by atoms with Gasteiger partial charge in [0, 0.05) is 31.0 Å². The second kappa shape index (κ2) is 8.10. The van der Waals surface area contributed by atoms with Crippen LogP contribution in [0.15, 0.2) is 48.8 Å². The summed E-state index contributed by atoms with van der Waals surface area (Å²) in [7, 11) is 0. The van der Waals surface area contributed by atoms with Gasteiger partial charge in [0.2, 0.25) is 5.91 Å². The van der Waals surface area contributed by atoms with Crippen molar-refractivity contribution >= 4 is 11.8 Å². The average Bonchev–Trinajstić information content (AvgIpc) is 3.16. The van der Waals surface area contributed by atoms with Crippen LogP contribution in [0.1, 0.15) is 40.7 Å². The summed E-state index contributed by atoms with van der Waals surface area (Å²) in [6.45, 7) is 3.08. The number of rotatable bonds is 4. The number of pyridine rings is 1. The highest BCUT2D eigenvalue weighted by Gasteiger charge is 2.43. The lowest BCUT2D eigenvalue weighted by Gasteiger charge is -2.35. The fraction of sp³-hybridized carbons (Fsp3) is 0.409. The van der Waals surface area contributed by atoms with Gasteiger partial charge in [-0.3, -0.25) is 14.6 Å². The van der Waals surface area contributed by atoms with Crippen LogP contribution in [0.5, 0.6) is 0 Å². The van der Waals surface area contributed by atoms with Gasteiger partial charge in [-0.1, -0.05) is 24.3 Å². The van der Waals surface area contributed by atoms with Gasteiger partial charge in [0.05, 0.1) is 12.1 Å². The molecule has 1 aromatic carbocycles. The van der Waals surface area contributed by atoms with Gasteiger partial charge in [0.1, 0.15) is 6.10 Å². The maximum atomic E-state index is 13.0. The first-order chi connectivity index (χ1) is 13.6. The third-order valence-corrected chi connectivity index (χ3v) is 5.67. The Bertz CT molecular complexity index is 855. The maximum absolute atomic E-state index is 13.0. The van der Waals surface area contributed by atoms with E-state index in [0.717, 1.165) is 29.5 Å². The Balaban J connectivity index is 1.35. The first-order valence-electron chi connectivity index (χ1n) is 9.82. The predicted octanol–water partition coefficient (Wildman–Crippen LogP) is 2.47. The SMILES string of the molecule is Cc1ccccc1C(=O)N1CC[C@H]2O[C@@H](C(=O)NCc3cccnc3)CC[C@H]21. The molecule has 0 aliphatic carbocycles. The molecule has 2 amide bonds. The highest BCUT2D eigenvalue weighted by atomic mass is 16.5. The molecule has 2 aliphatic rings. The van der Waals surface area contributed by atoms with Gasteiger partial charge in [-0.05, 0) is 49.4 Å². The molecule has 2 aromatic rings. The second-order valence-corrected chi connectivity index (χ2v) is 7.49. The molecule has 2 aliphatic heterocycles. The molecule has 2 saturated heterocycles. The maximum Gasteiger partial charge on any atom is 0.254 e. The number of ether oxygens (including phenoxy) is 1. The Morgan fingerprint density at radius 2 is 2.04 bits per heavy atom. The lowest BCUT2D eigenvalue weighted by molar-refractivity contribution is -0.143. The number of nitrogens with one attached hydrogen (secondary N) is 1. The van der Waals surface area contributed by atoms with E-state index in [9.17, 15) is 9.59 Å². The minimum Gasteiger partial charge on any atom is -0.363 e. The molecule has 28 heavy (non-hydrogen) atoms. The minimum absolute atomic E-state index is 0.0504. The van der Waals surface area contributed by atoms with Crippen molar-refractivity contribution in [2.75, 3.05) is 6.54 Å². The molecule has 0 spiro atoms. The molecule has 146 valence electrons. The van der Waals surface area contributed by atoms with Crippen molar-refractivity contribution in [3.63, 3.8) is 0 Å². The normalized spacial score (nSPS) is 23.9. The number of aromatic nitrogens is 1. The van der Waals surface area contributed by atoms with Crippen LogP contribution in [-0.2, 0) is 16.1 Å². The largest absolute Gasteiger partial charge is 0.363 e. The third-order valence-electron chi connectivity index (χ3n) is 5.67. The van der Waals surface area contributed by atoms with Crippen LogP contribution in [0, 0.1) is 6.92 Å². The van der Waals surface area contributed by atoms with Crippen molar-refractivity contribution in [1.29, 1.82) is 0 Å². The summed E-state index contributed by atoms with van der Waals surface area (Å²) in [5, 5.41) is 2.93. The summed E-state index contributed by atoms with van der Waals surface area (Å²) in [5.41, 5.74) is 2.69. The average molecular weight is 379 g/mol. The number of aryl methyl sites for hydroxylation is 1. The molecule has 3 heterocycles. The van der Waals surface area contributed by atoms with Crippen molar-refractivity contribution in [3.8, 4) is 0 Å². The van der Waals surface area contributed by atoms with Crippen LogP contribution in [0.3, 0.4) is 0 Å². The van der Waals surface area contributed by atoms with Crippen LogP contribution in [-0.4, -0.2) is 46.5 Å². The quantitative estimate of drug-likeness (QED) is 0.886. The number of hydrogen-bond acceptors (Lipinski definition) is 4. The van der Waals surface area contributed by atoms with E-state index in [2.05, 4.69) is 10.3 Å².